The Labute approximate surface area is 147 Å². The molecule has 0 aromatic heterocycles. The fourth-order valence-corrected chi connectivity index (χ4v) is 2.31. The third-order valence-corrected chi connectivity index (χ3v) is 3.52. The molecule has 5 heteroatoms. The van der Waals surface area contributed by atoms with Gasteiger partial charge in [-0.15, -0.1) is 0 Å². The zero-order valence-electron chi connectivity index (χ0n) is 14.2. The smallest absolute Gasteiger partial charge is 0.310 e. The highest BCUT2D eigenvalue weighted by molar-refractivity contribution is 5.29. The van der Waals surface area contributed by atoms with Crippen molar-refractivity contribution >= 4 is 0 Å². The lowest BCUT2D eigenvalue weighted by atomic mass is 10.1. The zero-order valence-corrected chi connectivity index (χ0v) is 14.2. The van der Waals surface area contributed by atoms with Gasteiger partial charge in [-0.05, 0) is 31.1 Å². The third-order valence-electron chi connectivity index (χ3n) is 3.52. The molecule has 0 fully saturated rings. The summed E-state index contributed by atoms with van der Waals surface area (Å²) in [7, 11) is 0. The van der Waals surface area contributed by atoms with Gasteiger partial charge >= 0.3 is 5.70 Å². The molecule has 1 aromatic carbocycles. The summed E-state index contributed by atoms with van der Waals surface area (Å²) < 4.78 is 11.7. The molecule has 0 saturated carbocycles. The van der Waals surface area contributed by atoms with Crippen LogP contribution in [0.3, 0.4) is 0 Å². The van der Waals surface area contributed by atoms with Crippen LogP contribution in [0.15, 0.2) is 90.3 Å². The summed E-state index contributed by atoms with van der Waals surface area (Å²) in [6.07, 6.45) is 9.66. The van der Waals surface area contributed by atoms with E-state index in [9.17, 15) is 10.1 Å². The van der Waals surface area contributed by atoms with E-state index in [4.69, 9.17) is 9.47 Å². The maximum atomic E-state index is 11.2. The van der Waals surface area contributed by atoms with E-state index in [0.29, 0.717) is 24.5 Å². The number of benzene rings is 1. The Balaban J connectivity index is 2.25. The van der Waals surface area contributed by atoms with E-state index in [-0.39, 0.29) is 11.5 Å². The van der Waals surface area contributed by atoms with Crippen molar-refractivity contribution in [2.24, 2.45) is 0 Å². The summed E-state index contributed by atoms with van der Waals surface area (Å²) in [5, 5.41) is 11.2. The van der Waals surface area contributed by atoms with Gasteiger partial charge in [-0.1, -0.05) is 49.1 Å². The number of nitro groups is 1. The molecule has 130 valence electrons. The highest BCUT2D eigenvalue weighted by atomic mass is 16.6. The van der Waals surface area contributed by atoms with Gasteiger partial charge in [-0.25, -0.2) is 0 Å². The summed E-state index contributed by atoms with van der Waals surface area (Å²) >= 11 is 0. The molecule has 0 atom stereocenters. The molecule has 0 bridgehead atoms. The first kappa shape index (κ1) is 18.3. The summed E-state index contributed by atoms with van der Waals surface area (Å²) in [5.41, 5.74) is 0.858. The van der Waals surface area contributed by atoms with Crippen LogP contribution in [0.1, 0.15) is 25.3 Å². The molecular weight excluding hydrogens is 318 g/mol. The van der Waals surface area contributed by atoms with Gasteiger partial charge in [-0.2, -0.15) is 0 Å². The minimum atomic E-state index is -0.514. The summed E-state index contributed by atoms with van der Waals surface area (Å²) in [4.78, 5) is 10.7. The predicted molar refractivity (Wildman–Crippen MR) is 96.7 cm³/mol. The molecule has 0 heterocycles. The molecule has 5 nitrogen and oxygen atoms in total. The topological polar surface area (TPSA) is 61.6 Å². The average Bonchev–Trinajstić information content (AvgIpc) is 2.62. The minimum Gasteiger partial charge on any atom is -0.489 e. The van der Waals surface area contributed by atoms with Gasteiger partial charge in [-0.3, -0.25) is 10.1 Å². The van der Waals surface area contributed by atoms with Crippen molar-refractivity contribution in [2.75, 3.05) is 0 Å². The van der Waals surface area contributed by atoms with Crippen molar-refractivity contribution in [1.29, 1.82) is 0 Å². The van der Waals surface area contributed by atoms with Crippen LogP contribution in [-0.4, -0.2) is 4.92 Å². The monoisotopic (exact) mass is 339 g/mol. The second-order valence-corrected chi connectivity index (χ2v) is 5.32. The third kappa shape index (κ3) is 5.21. The first-order chi connectivity index (χ1) is 12.2. The largest absolute Gasteiger partial charge is 0.489 e. The number of allylic oxidation sites excluding steroid dienone is 6. The number of hydrogen-bond donors (Lipinski definition) is 0. The Kier molecular flexibility index (Phi) is 6.77. The molecule has 0 spiro atoms. The molecule has 0 N–H and O–H groups in total. The van der Waals surface area contributed by atoms with E-state index in [1.807, 2.05) is 36.4 Å². The molecule has 1 aliphatic rings. The zero-order chi connectivity index (χ0) is 18.1. The Morgan fingerprint density at radius 2 is 2.12 bits per heavy atom. The SMILES string of the molecule is C=C/C(=C(\C=C/C)OC1=C(OCc2ccccc2)CCC=C1)[N+](=O)[O-]. The van der Waals surface area contributed by atoms with Crippen LogP contribution in [-0.2, 0) is 16.1 Å². The van der Waals surface area contributed by atoms with E-state index >= 15 is 0 Å². The maximum Gasteiger partial charge on any atom is 0.310 e. The molecule has 0 amide bonds. The molecule has 0 unspecified atom stereocenters. The van der Waals surface area contributed by atoms with Crippen LogP contribution in [0.4, 0.5) is 0 Å². The molecule has 0 aliphatic heterocycles. The van der Waals surface area contributed by atoms with Crippen molar-refractivity contribution in [2.45, 2.75) is 26.4 Å². The lowest BCUT2D eigenvalue weighted by Gasteiger charge is -2.18. The van der Waals surface area contributed by atoms with E-state index in [1.54, 1.807) is 25.2 Å². The van der Waals surface area contributed by atoms with Crippen molar-refractivity contribution < 1.29 is 14.4 Å². The summed E-state index contributed by atoms with van der Waals surface area (Å²) in [6.45, 7) is 5.68. The van der Waals surface area contributed by atoms with Gasteiger partial charge in [0.2, 0.25) is 5.76 Å². The Morgan fingerprint density at radius 3 is 2.76 bits per heavy atom. The van der Waals surface area contributed by atoms with Gasteiger partial charge in [0.05, 0.1) is 4.92 Å². The van der Waals surface area contributed by atoms with Crippen molar-refractivity contribution in [1.82, 2.24) is 0 Å². The van der Waals surface area contributed by atoms with Crippen LogP contribution in [0.25, 0.3) is 0 Å². The highest BCUT2D eigenvalue weighted by Gasteiger charge is 2.19. The van der Waals surface area contributed by atoms with E-state index < -0.39 is 4.92 Å². The van der Waals surface area contributed by atoms with Crippen molar-refractivity contribution in [3.05, 3.63) is 106 Å². The predicted octanol–water partition coefficient (Wildman–Crippen LogP) is 5.03. The van der Waals surface area contributed by atoms with Gasteiger partial charge in [0, 0.05) is 12.5 Å². The number of ether oxygens (including phenoxy) is 2. The van der Waals surface area contributed by atoms with E-state index in [2.05, 4.69) is 6.58 Å². The lowest BCUT2D eigenvalue weighted by Crippen LogP contribution is -2.07. The van der Waals surface area contributed by atoms with Crippen LogP contribution < -0.4 is 0 Å². The molecule has 25 heavy (non-hydrogen) atoms. The van der Waals surface area contributed by atoms with Gasteiger partial charge < -0.3 is 9.47 Å². The second-order valence-electron chi connectivity index (χ2n) is 5.32. The van der Waals surface area contributed by atoms with Crippen LogP contribution in [0, 0.1) is 10.1 Å². The number of hydrogen-bond acceptors (Lipinski definition) is 4. The van der Waals surface area contributed by atoms with Crippen molar-refractivity contribution in [3.8, 4) is 0 Å². The van der Waals surface area contributed by atoms with Gasteiger partial charge in [0.15, 0.2) is 5.76 Å². The lowest BCUT2D eigenvalue weighted by molar-refractivity contribution is -0.421. The fraction of sp³-hybridized carbons (Fsp3) is 0.200. The van der Waals surface area contributed by atoms with E-state index in [1.165, 1.54) is 6.08 Å². The Bertz CT molecular complexity index is 742. The summed E-state index contributed by atoms with van der Waals surface area (Å²) in [5.74, 6) is 1.29. The van der Waals surface area contributed by atoms with Crippen LogP contribution >= 0.6 is 0 Å². The molecule has 0 saturated heterocycles. The van der Waals surface area contributed by atoms with Gasteiger partial charge in [0.25, 0.3) is 0 Å². The van der Waals surface area contributed by atoms with Crippen LogP contribution in [0.5, 0.6) is 0 Å². The second kappa shape index (κ2) is 9.27. The minimum absolute atomic E-state index is 0.130. The maximum absolute atomic E-state index is 11.2. The molecule has 0 radical (unpaired) electrons. The Morgan fingerprint density at radius 1 is 1.36 bits per heavy atom. The standard InChI is InChI=1S/C20H21NO4/c1-3-10-18(17(4-2)21(22)23)25-20-14-9-8-13-19(20)24-15-16-11-6-5-7-12-16/h3-7,9-12,14H,2,8,13,15H2,1H3/b10-3-,18-17-. The van der Waals surface area contributed by atoms with Crippen LogP contribution in [0.2, 0.25) is 0 Å². The molecule has 1 aliphatic carbocycles. The molecule has 2 rings (SSSR count). The van der Waals surface area contributed by atoms with Crippen molar-refractivity contribution in [3.63, 3.8) is 0 Å². The van der Waals surface area contributed by atoms with Gasteiger partial charge in [0.1, 0.15) is 12.4 Å². The number of nitrogens with zero attached hydrogens (tertiary/aromatic N) is 1. The fourth-order valence-electron chi connectivity index (χ4n) is 2.31. The first-order valence-corrected chi connectivity index (χ1v) is 8.03. The van der Waals surface area contributed by atoms with E-state index in [0.717, 1.165) is 12.0 Å². The highest BCUT2D eigenvalue weighted by Crippen LogP contribution is 2.26. The quantitative estimate of drug-likeness (QED) is 0.288. The molecule has 1 aromatic rings. The normalized spacial score (nSPS) is 15.1. The first-order valence-electron chi connectivity index (χ1n) is 8.03. The summed E-state index contributed by atoms with van der Waals surface area (Å²) in [6, 6.07) is 9.81. The number of rotatable bonds is 8. The average molecular weight is 339 g/mol. The molecular formula is C20H21NO4. The Hall–Kier alpha value is -3.08.